The van der Waals surface area contributed by atoms with Crippen LogP contribution in [0.3, 0.4) is 0 Å². The number of halogens is 3. The van der Waals surface area contributed by atoms with Crippen LogP contribution in [0, 0.1) is 0 Å². The molecular formula is C16H24F3NO. The first-order valence-electron chi connectivity index (χ1n) is 7.50. The number of nitrogens with one attached hydrogen (secondary N) is 1. The Balaban J connectivity index is 2.12. The van der Waals surface area contributed by atoms with Gasteiger partial charge in [0.15, 0.2) is 0 Å². The second-order valence-corrected chi connectivity index (χ2v) is 5.10. The zero-order chi connectivity index (χ0) is 15.6. The first kappa shape index (κ1) is 17.8. The van der Waals surface area contributed by atoms with Gasteiger partial charge >= 0.3 is 6.18 Å². The van der Waals surface area contributed by atoms with Gasteiger partial charge in [0.25, 0.3) is 0 Å². The van der Waals surface area contributed by atoms with Gasteiger partial charge < -0.3 is 10.1 Å². The number of hydrogen-bond acceptors (Lipinski definition) is 2. The quantitative estimate of drug-likeness (QED) is 0.633. The van der Waals surface area contributed by atoms with Crippen LogP contribution in [0.5, 0.6) is 5.75 Å². The van der Waals surface area contributed by atoms with Crippen molar-refractivity contribution in [3.05, 3.63) is 29.8 Å². The monoisotopic (exact) mass is 303 g/mol. The molecule has 0 spiro atoms. The molecule has 0 saturated heterocycles. The van der Waals surface area contributed by atoms with Crippen molar-refractivity contribution in [3.63, 3.8) is 0 Å². The van der Waals surface area contributed by atoms with Crippen LogP contribution in [0.4, 0.5) is 13.2 Å². The van der Waals surface area contributed by atoms with Crippen LogP contribution in [-0.2, 0) is 6.54 Å². The van der Waals surface area contributed by atoms with Crippen LogP contribution in [0.15, 0.2) is 24.3 Å². The van der Waals surface area contributed by atoms with Gasteiger partial charge in [-0.05, 0) is 43.5 Å². The van der Waals surface area contributed by atoms with E-state index in [1.54, 1.807) is 0 Å². The minimum atomic E-state index is -4.03. The van der Waals surface area contributed by atoms with E-state index in [1.165, 1.54) is 0 Å². The fourth-order valence-electron chi connectivity index (χ4n) is 1.85. The second kappa shape index (κ2) is 9.66. The standard InChI is InChI=1S/C16H24F3NO/c1-2-3-12-21-15-8-6-14(7-9-15)13-20-11-5-4-10-16(17,18)19/h6-9,20H,2-5,10-13H2,1H3. The van der Waals surface area contributed by atoms with E-state index in [1.807, 2.05) is 24.3 Å². The lowest BCUT2D eigenvalue weighted by Crippen LogP contribution is -2.15. The molecule has 0 aromatic heterocycles. The fourth-order valence-corrected chi connectivity index (χ4v) is 1.85. The molecule has 0 aliphatic carbocycles. The summed E-state index contributed by atoms with van der Waals surface area (Å²) in [7, 11) is 0. The van der Waals surface area contributed by atoms with Gasteiger partial charge in [0.2, 0.25) is 0 Å². The molecule has 1 N–H and O–H groups in total. The molecule has 0 aliphatic rings. The summed E-state index contributed by atoms with van der Waals surface area (Å²) in [6.07, 6.45) is -1.86. The van der Waals surface area contributed by atoms with Crippen molar-refractivity contribution in [2.75, 3.05) is 13.2 Å². The van der Waals surface area contributed by atoms with Crippen LogP contribution in [0.1, 0.15) is 44.6 Å². The van der Waals surface area contributed by atoms with Gasteiger partial charge in [0.05, 0.1) is 6.61 Å². The molecule has 0 atom stereocenters. The number of unbranched alkanes of at least 4 members (excludes halogenated alkanes) is 2. The molecule has 0 heterocycles. The van der Waals surface area contributed by atoms with Crippen molar-refractivity contribution in [2.24, 2.45) is 0 Å². The van der Waals surface area contributed by atoms with Crippen molar-refractivity contribution in [3.8, 4) is 5.75 Å². The Morgan fingerprint density at radius 3 is 2.38 bits per heavy atom. The summed E-state index contributed by atoms with van der Waals surface area (Å²) >= 11 is 0. The summed E-state index contributed by atoms with van der Waals surface area (Å²) < 4.78 is 41.4. The zero-order valence-electron chi connectivity index (χ0n) is 12.5. The Morgan fingerprint density at radius 1 is 1.05 bits per heavy atom. The second-order valence-electron chi connectivity index (χ2n) is 5.10. The lowest BCUT2D eigenvalue weighted by atomic mass is 10.2. The highest BCUT2D eigenvalue weighted by atomic mass is 19.4. The first-order chi connectivity index (χ1) is 10.0. The van der Waals surface area contributed by atoms with Crippen LogP contribution in [-0.4, -0.2) is 19.3 Å². The molecule has 0 unspecified atom stereocenters. The van der Waals surface area contributed by atoms with E-state index in [9.17, 15) is 13.2 Å². The number of alkyl halides is 3. The van der Waals surface area contributed by atoms with Gasteiger partial charge in [-0.2, -0.15) is 13.2 Å². The smallest absolute Gasteiger partial charge is 0.389 e. The summed E-state index contributed by atoms with van der Waals surface area (Å²) in [6.45, 7) is 4.12. The number of ether oxygens (including phenoxy) is 1. The summed E-state index contributed by atoms with van der Waals surface area (Å²) in [4.78, 5) is 0. The summed E-state index contributed by atoms with van der Waals surface area (Å²) in [5.74, 6) is 0.859. The maximum atomic E-state index is 11.9. The maximum absolute atomic E-state index is 11.9. The van der Waals surface area contributed by atoms with Crippen LogP contribution >= 0.6 is 0 Å². The molecule has 0 saturated carbocycles. The maximum Gasteiger partial charge on any atom is 0.389 e. The fraction of sp³-hybridized carbons (Fsp3) is 0.625. The molecule has 2 nitrogen and oxygen atoms in total. The largest absolute Gasteiger partial charge is 0.494 e. The molecule has 0 amide bonds. The lowest BCUT2D eigenvalue weighted by molar-refractivity contribution is -0.135. The Labute approximate surface area is 124 Å². The number of hydrogen-bond donors (Lipinski definition) is 1. The number of rotatable bonds is 10. The Hall–Kier alpha value is -1.23. The topological polar surface area (TPSA) is 21.3 Å². The average Bonchev–Trinajstić information content (AvgIpc) is 2.43. The predicted molar refractivity (Wildman–Crippen MR) is 78.5 cm³/mol. The molecule has 120 valence electrons. The van der Waals surface area contributed by atoms with Crippen LogP contribution < -0.4 is 10.1 Å². The third kappa shape index (κ3) is 9.34. The van der Waals surface area contributed by atoms with E-state index in [2.05, 4.69) is 12.2 Å². The molecule has 21 heavy (non-hydrogen) atoms. The molecule has 1 rings (SSSR count). The molecule has 5 heteroatoms. The lowest BCUT2D eigenvalue weighted by Gasteiger charge is -2.08. The molecule has 0 fully saturated rings. The molecule has 1 aromatic carbocycles. The van der Waals surface area contributed by atoms with Crippen molar-refractivity contribution in [1.82, 2.24) is 5.32 Å². The highest BCUT2D eigenvalue weighted by Gasteiger charge is 2.25. The van der Waals surface area contributed by atoms with Gasteiger partial charge in [-0.25, -0.2) is 0 Å². The highest BCUT2D eigenvalue weighted by molar-refractivity contribution is 5.27. The highest BCUT2D eigenvalue weighted by Crippen LogP contribution is 2.21. The van der Waals surface area contributed by atoms with E-state index >= 15 is 0 Å². The number of benzene rings is 1. The van der Waals surface area contributed by atoms with Crippen LogP contribution in [0.2, 0.25) is 0 Å². The van der Waals surface area contributed by atoms with E-state index in [-0.39, 0.29) is 6.42 Å². The molecule has 0 radical (unpaired) electrons. The predicted octanol–water partition coefficient (Wildman–Crippen LogP) is 4.69. The third-order valence-electron chi connectivity index (χ3n) is 3.08. The normalized spacial score (nSPS) is 11.6. The molecule has 0 aliphatic heterocycles. The summed E-state index contributed by atoms with van der Waals surface area (Å²) in [6, 6.07) is 7.81. The minimum Gasteiger partial charge on any atom is -0.494 e. The molecule has 1 aromatic rings. The van der Waals surface area contributed by atoms with E-state index in [0.29, 0.717) is 19.5 Å². The van der Waals surface area contributed by atoms with E-state index in [0.717, 1.165) is 30.8 Å². The van der Waals surface area contributed by atoms with Crippen molar-refractivity contribution >= 4 is 0 Å². The van der Waals surface area contributed by atoms with E-state index in [4.69, 9.17) is 4.74 Å². The van der Waals surface area contributed by atoms with E-state index < -0.39 is 12.6 Å². The summed E-state index contributed by atoms with van der Waals surface area (Å²) in [5, 5.41) is 3.15. The minimum absolute atomic E-state index is 0.181. The Kier molecular flexibility index (Phi) is 8.20. The van der Waals surface area contributed by atoms with Gasteiger partial charge in [-0.15, -0.1) is 0 Å². The Bertz CT molecular complexity index is 376. The van der Waals surface area contributed by atoms with Crippen molar-refractivity contribution < 1.29 is 17.9 Å². The van der Waals surface area contributed by atoms with Crippen LogP contribution in [0.25, 0.3) is 0 Å². The van der Waals surface area contributed by atoms with Gasteiger partial charge in [-0.1, -0.05) is 25.5 Å². The van der Waals surface area contributed by atoms with Gasteiger partial charge in [0, 0.05) is 13.0 Å². The average molecular weight is 303 g/mol. The first-order valence-corrected chi connectivity index (χ1v) is 7.50. The molecular weight excluding hydrogens is 279 g/mol. The summed E-state index contributed by atoms with van der Waals surface area (Å²) in [5.41, 5.74) is 1.11. The molecule has 0 bridgehead atoms. The Morgan fingerprint density at radius 2 is 1.76 bits per heavy atom. The zero-order valence-corrected chi connectivity index (χ0v) is 12.5. The van der Waals surface area contributed by atoms with Crippen molar-refractivity contribution in [2.45, 2.75) is 51.7 Å². The SMILES string of the molecule is CCCCOc1ccc(CNCCCCC(F)(F)F)cc1. The van der Waals surface area contributed by atoms with Crippen molar-refractivity contribution in [1.29, 1.82) is 0 Å². The van der Waals surface area contributed by atoms with Gasteiger partial charge in [-0.3, -0.25) is 0 Å². The van der Waals surface area contributed by atoms with Gasteiger partial charge in [0.1, 0.15) is 5.75 Å². The third-order valence-corrected chi connectivity index (χ3v) is 3.08.